The van der Waals surface area contributed by atoms with Gasteiger partial charge in [-0.1, -0.05) is 6.07 Å². The van der Waals surface area contributed by atoms with Crippen LogP contribution in [0.5, 0.6) is 0 Å². The number of nitrogens with one attached hydrogen (secondary N) is 3. The largest absolute Gasteiger partial charge is 0.468 e. The average Bonchev–Trinajstić information content (AvgIpc) is 3.16. The fourth-order valence-electron chi connectivity index (χ4n) is 3.33. The Hall–Kier alpha value is -2.16. The van der Waals surface area contributed by atoms with Crippen molar-refractivity contribution < 1.29 is 22.5 Å². The number of carbonyl (C=O) groups is 1. The summed E-state index contributed by atoms with van der Waals surface area (Å²) in [5.41, 5.74) is 0.477. The number of likely N-dealkylation sites (tertiary alicyclic amines) is 1. The summed E-state index contributed by atoms with van der Waals surface area (Å²) >= 11 is 0. The number of quaternary nitrogens is 1. The van der Waals surface area contributed by atoms with Gasteiger partial charge in [-0.25, -0.2) is 13.1 Å². The molecule has 1 fully saturated rings. The van der Waals surface area contributed by atoms with Crippen LogP contribution < -0.4 is 14.9 Å². The van der Waals surface area contributed by atoms with Crippen molar-refractivity contribution in [1.29, 1.82) is 0 Å². The van der Waals surface area contributed by atoms with Gasteiger partial charge in [0.15, 0.2) is 6.54 Å². The minimum Gasteiger partial charge on any atom is -0.468 e. The minimum absolute atomic E-state index is 0.0716. The minimum atomic E-state index is -3.70. The summed E-state index contributed by atoms with van der Waals surface area (Å²) in [6.07, 6.45) is 4.99. The molecule has 146 valence electrons. The third-order valence-corrected chi connectivity index (χ3v) is 6.31. The molecular weight excluding hydrogens is 366 g/mol. The van der Waals surface area contributed by atoms with Crippen LogP contribution in [0.15, 0.2) is 52.0 Å². The number of piperidine rings is 1. The molecule has 0 spiro atoms. The molecule has 0 saturated carbocycles. The summed E-state index contributed by atoms with van der Waals surface area (Å²) in [5, 5.41) is 2.82. The van der Waals surface area contributed by atoms with E-state index in [1.165, 1.54) is 29.7 Å². The Bertz CT molecular complexity index is 865. The van der Waals surface area contributed by atoms with Crippen molar-refractivity contribution in [1.82, 2.24) is 4.72 Å². The van der Waals surface area contributed by atoms with Crippen molar-refractivity contribution in [3.63, 3.8) is 0 Å². The Morgan fingerprint density at radius 3 is 2.85 bits per heavy atom. The first-order valence-electron chi connectivity index (χ1n) is 9.20. The molecule has 2 atom stereocenters. The zero-order valence-corrected chi connectivity index (χ0v) is 16.2. The Morgan fingerprint density at radius 2 is 2.11 bits per heavy atom. The fourth-order valence-corrected chi connectivity index (χ4v) is 4.37. The van der Waals surface area contributed by atoms with Crippen molar-refractivity contribution in [3.05, 3.63) is 48.4 Å². The van der Waals surface area contributed by atoms with E-state index >= 15 is 0 Å². The van der Waals surface area contributed by atoms with Crippen LogP contribution in [0, 0.1) is 0 Å². The Balaban J connectivity index is 1.61. The molecule has 2 heterocycles. The highest BCUT2D eigenvalue weighted by atomic mass is 32.2. The summed E-state index contributed by atoms with van der Waals surface area (Å²) in [4.78, 5) is 13.7. The first-order valence-corrected chi connectivity index (χ1v) is 10.7. The molecule has 2 aromatic rings. The van der Waals surface area contributed by atoms with Gasteiger partial charge in [-0.05, 0) is 56.5 Å². The van der Waals surface area contributed by atoms with Gasteiger partial charge in [0.2, 0.25) is 10.0 Å². The van der Waals surface area contributed by atoms with Crippen LogP contribution in [0.1, 0.15) is 31.9 Å². The molecule has 1 aliphatic heterocycles. The third-order valence-electron chi connectivity index (χ3n) is 4.91. The summed E-state index contributed by atoms with van der Waals surface area (Å²) in [7, 11) is -3.70. The molecule has 0 aliphatic carbocycles. The maximum absolute atomic E-state index is 12.5. The molecular formula is C19H26N3O4S+. The second-order valence-corrected chi connectivity index (χ2v) is 8.73. The first kappa shape index (κ1) is 19.6. The van der Waals surface area contributed by atoms with Gasteiger partial charge in [0.1, 0.15) is 5.76 Å². The lowest BCUT2D eigenvalue weighted by Gasteiger charge is -2.29. The zero-order valence-electron chi connectivity index (χ0n) is 15.4. The van der Waals surface area contributed by atoms with E-state index < -0.39 is 10.0 Å². The maximum Gasteiger partial charge on any atom is 0.279 e. The van der Waals surface area contributed by atoms with E-state index in [1.807, 2.05) is 0 Å². The number of carbonyl (C=O) groups excluding carboxylic acids is 1. The number of rotatable bonds is 7. The van der Waals surface area contributed by atoms with Gasteiger partial charge in [-0.2, -0.15) is 0 Å². The molecule has 0 bridgehead atoms. The molecule has 1 saturated heterocycles. The van der Waals surface area contributed by atoms with Gasteiger partial charge in [0.25, 0.3) is 5.91 Å². The standard InChI is InChI=1S/C19H25N3O4S/c1-15-6-2-3-10-22(15)14-19(23)21-16-7-4-9-18(12-16)27(24,25)20-13-17-8-5-11-26-17/h4-5,7-9,11-12,15,20H,2-3,6,10,13-14H2,1H3,(H,21,23)/p+1/t15-/m0/s1. The number of hydrogen-bond acceptors (Lipinski definition) is 4. The predicted molar refractivity (Wildman–Crippen MR) is 102 cm³/mol. The Morgan fingerprint density at radius 1 is 1.26 bits per heavy atom. The number of anilines is 1. The molecule has 1 aliphatic rings. The van der Waals surface area contributed by atoms with E-state index in [0.717, 1.165) is 19.4 Å². The monoisotopic (exact) mass is 392 g/mol. The third kappa shape index (κ3) is 5.41. The van der Waals surface area contributed by atoms with Gasteiger partial charge in [0.05, 0.1) is 30.3 Å². The van der Waals surface area contributed by atoms with Crippen LogP contribution in [0.2, 0.25) is 0 Å². The van der Waals surface area contributed by atoms with Crippen molar-refractivity contribution in [3.8, 4) is 0 Å². The number of hydrogen-bond donors (Lipinski definition) is 3. The molecule has 27 heavy (non-hydrogen) atoms. The second kappa shape index (κ2) is 8.69. The van der Waals surface area contributed by atoms with Gasteiger partial charge in [0, 0.05) is 5.69 Å². The molecule has 0 radical (unpaired) electrons. The molecule has 1 aromatic heterocycles. The number of benzene rings is 1. The summed E-state index contributed by atoms with van der Waals surface area (Å²) in [6.45, 7) is 3.64. The molecule has 1 aromatic carbocycles. The smallest absolute Gasteiger partial charge is 0.279 e. The SMILES string of the molecule is C[C@H]1CCCC[NH+]1CC(=O)Nc1cccc(S(=O)(=O)NCc2ccco2)c1. The highest BCUT2D eigenvalue weighted by molar-refractivity contribution is 7.89. The summed E-state index contributed by atoms with van der Waals surface area (Å²) in [6, 6.07) is 10.2. The van der Waals surface area contributed by atoms with Gasteiger partial charge in [-0.15, -0.1) is 0 Å². The zero-order chi connectivity index (χ0) is 19.3. The van der Waals surface area contributed by atoms with Crippen LogP contribution in [0.4, 0.5) is 5.69 Å². The average molecular weight is 393 g/mol. The number of furan rings is 1. The van der Waals surface area contributed by atoms with E-state index in [-0.39, 0.29) is 17.3 Å². The molecule has 1 unspecified atom stereocenters. The van der Waals surface area contributed by atoms with Crippen molar-refractivity contribution in [2.75, 3.05) is 18.4 Å². The van der Waals surface area contributed by atoms with Crippen LogP contribution in [0.3, 0.4) is 0 Å². The lowest BCUT2D eigenvalue weighted by atomic mass is 10.0. The summed E-state index contributed by atoms with van der Waals surface area (Å²) < 4.78 is 32.5. The molecule has 7 nitrogen and oxygen atoms in total. The number of sulfonamides is 1. The molecule has 8 heteroatoms. The van der Waals surface area contributed by atoms with E-state index in [4.69, 9.17) is 4.42 Å². The topological polar surface area (TPSA) is 92.9 Å². The number of amides is 1. The van der Waals surface area contributed by atoms with Crippen LogP contribution in [0.25, 0.3) is 0 Å². The summed E-state index contributed by atoms with van der Waals surface area (Å²) in [5.74, 6) is 0.429. The second-order valence-electron chi connectivity index (χ2n) is 6.96. The highest BCUT2D eigenvalue weighted by Crippen LogP contribution is 2.16. The molecule has 3 rings (SSSR count). The lowest BCUT2D eigenvalue weighted by molar-refractivity contribution is -0.920. The Labute approximate surface area is 159 Å². The van der Waals surface area contributed by atoms with E-state index in [2.05, 4.69) is 17.0 Å². The normalized spacial score (nSPS) is 20.3. The van der Waals surface area contributed by atoms with Crippen molar-refractivity contribution in [2.24, 2.45) is 0 Å². The van der Waals surface area contributed by atoms with Gasteiger partial charge >= 0.3 is 0 Å². The van der Waals surface area contributed by atoms with Gasteiger partial charge in [-0.3, -0.25) is 4.79 Å². The Kier molecular flexibility index (Phi) is 6.30. The van der Waals surface area contributed by atoms with E-state index in [0.29, 0.717) is 24.0 Å². The lowest BCUT2D eigenvalue weighted by Crippen LogP contribution is -3.17. The highest BCUT2D eigenvalue weighted by Gasteiger charge is 2.24. The maximum atomic E-state index is 12.5. The first-order chi connectivity index (χ1) is 12.9. The molecule has 1 amide bonds. The molecule has 3 N–H and O–H groups in total. The van der Waals surface area contributed by atoms with E-state index in [9.17, 15) is 13.2 Å². The van der Waals surface area contributed by atoms with Crippen LogP contribution in [-0.2, 0) is 21.4 Å². The predicted octanol–water partition coefficient (Wildman–Crippen LogP) is 1.15. The van der Waals surface area contributed by atoms with E-state index in [1.54, 1.807) is 24.3 Å². The van der Waals surface area contributed by atoms with Crippen LogP contribution >= 0.6 is 0 Å². The fraction of sp³-hybridized carbons (Fsp3) is 0.421. The quantitative estimate of drug-likeness (QED) is 0.659. The van der Waals surface area contributed by atoms with Crippen molar-refractivity contribution in [2.45, 2.75) is 43.7 Å². The van der Waals surface area contributed by atoms with Gasteiger partial charge < -0.3 is 14.6 Å². The van der Waals surface area contributed by atoms with Crippen molar-refractivity contribution >= 4 is 21.6 Å². The van der Waals surface area contributed by atoms with Crippen LogP contribution in [-0.4, -0.2) is 33.5 Å².